The molecule has 0 fully saturated rings. The van der Waals surface area contributed by atoms with E-state index in [4.69, 9.17) is 9.84 Å². The minimum absolute atomic E-state index is 0.101. The highest BCUT2D eigenvalue weighted by Gasteiger charge is 1.92. The molecule has 0 unspecified atom stereocenters. The lowest BCUT2D eigenvalue weighted by Gasteiger charge is -2.01. The number of aliphatic hydroxyl groups excluding tert-OH is 1. The Hall–Kier alpha value is -1.28. The van der Waals surface area contributed by atoms with Crippen LogP contribution in [0.4, 0.5) is 0 Å². The summed E-state index contributed by atoms with van der Waals surface area (Å²) >= 11 is 0. The Labute approximate surface area is 78.5 Å². The van der Waals surface area contributed by atoms with Gasteiger partial charge in [-0.25, -0.2) is 0 Å². The van der Waals surface area contributed by atoms with Crippen molar-refractivity contribution in [2.75, 3.05) is 13.7 Å². The fourth-order valence-corrected chi connectivity index (χ4v) is 1.09. The van der Waals surface area contributed by atoms with Crippen molar-refractivity contribution >= 4 is 0 Å². The summed E-state index contributed by atoms with van der Waals surface area (Å²) in [6.45, 7) is 0.101. The summed E-state index contributed by atoms with van der Waals surface area (Å²) in [4.78, 5) is 0. The molecule has 0 aromatic heterocycles. The van der Waals surface area contributed by atoms with Crippen LogP contribution in [-0.2, 0) is 6.42 Å². The van der Waals surface area contributed by atoms with Crippen molar-refractivity contribution in [3.63, 3.8) is 0 Å². The maximum atomic E-state index is 8.53. The molecule has 0 saturated carbocycles. The van der Waals surface area contributed by atoms with Gasteiger partial charge in [0.2, 0.25) is 0 Å². The van der Waals surface area contributed by atoms with Crippen LogP contribution in [0.5, 0.6) is 5.75 Å². The van der Waals surface area contributed by atoms with Crippen molar-refractivity contribution in [1.82, 2.24) is 0 Å². The third kappa shape index (κ3) is 3.30. The topological polar surface area (TPSA) is 29.5 Å². The van der Waals surface area contributed by atoms with Gasteiger partial charge in [0, 0.05) is 0 Å². The van der Waals surface area contributed by atoms with Gasteiger partial charge < -0.3 is 9.84 Å². The fraction of sp³-hybridized carbons (Fsp3) is 0.273. The Kier molecular flexibility index (Phi) is 4.06. The van der Waals surface area contributed by atoms with Crippen LogP contribution in [0.2, 0.25) is 0 Å². The van der Waals surface area contributed by atoms with Gasteiger partial charge in [0.25, 0.3) is 0 Å². The molecule has 1 aromatic carbocycles. The SMILES string of the molecule is COc1cccc(C/C=C/CO)c1. The van der Waals surface area contributed by atoms with Gasteiger partial charge >= 0.3 is 0 Å². The molecule has 0 saturated heterocycles. The van der Waals surface area contributed by atoms with Gasteiger partial charge in [-0.05, 0) is 24.1 Å². The second-order valence-corrected chi connectivity index (χ2v) is 2.71. The number of methoxy groups -OCH3 is 1. The van der Waals surface area contributed by atoms with E-state index in [1.165, 1.54) is 5.56 Å². The van der Waals surface area contributed by atoms with E-state index in [1.807, 2.05) is 30.3 Å². The van der Waals surface area contributed by atoms with Crippen molar-refractivity contribution in [2.45, 2.75) is 6.42 Å². The molecule has 0 aliphatic carbocycles. The number of aliphatic hydroxyl groups is 1. The average molecular weight is 178 g/mol. The van der Waals surface area contributed by atoms with Crippen LogP contribution in [0, 0.1) is 0 Å². The molecule has 0 spiro atoms. The van der Waals surface area contributed by atoms with Gasteiger partial charge in [-0.3, -0.25) is 0 Å². The molecule has 0 atom stereocenters. The zero-order chi connectivity index (χ0) is 9.52. The predicted molar refractivity (Wildman–Crippen MR) is 52.9 cm³/mol. The molecule has 13 heavy (non-hydrogen) atoms. The smallest absolute Gasteiger partial charge is 0.119 e. The minimum atomic E-state index is 0.101. The van der Waals surface area contributed by atoms with E-state index < -0.39 is 0 Å². The van der Waals surface area contributed by atoms with E-state index in [0.29, 0.717) is 0 Å². The quantitative estimate of drug-likeness (QED) is 0.712. The lowest BCUT2D eigenvalue weighted by molar-refractivity contribution is 0.342. The van der Waals surface area contributed by atoms with E-state index in [9.17, 15) is 0 Å². The van der Waals surface area contributed by atoms with Crippen LogP contribution in [0.15, 0.2) is 36.4 Å². The number of rotatable bonds is 4. The molecule has 2 nitrogen and oxygen atoms in total. The molecule has 0 amide bonds. The summed E-state index contributed by atoms with van der Waals surface area (Å²) < 4.78 is 5.09. The van der Waals surface area contributed by atoms with E-state index >= 15 is 0 Å². The molecule has 0 bridgehead atoms. The summed E-state index contributed by atoms with van der Waals surface area (Å²) in [6, 6.07) is 7.89. The highest BCUT2D eigenvalue weighted by molar-refractivity contribution is 5.29. The first-order valence-corrected chi connectivity index (χ1v) is 4.25. The molecule has 0 aliphatic rings. The zero-order valence-electron chi connectivity index (χ0n) is 7.73. The van der Waals surface area contributed by atoms with Crippen LogP contribution >= 0.6 is 0 Å². The number of hydrogen-bond acceptors (Lipinski definition) is 2. The van der Waals surface area contributed by atoms with Crippen LogP contribution in [-0.4, -0.2) is 18.8 Å². The Morgan fingerprint density at radius 2 is 2.23 bits per heavy atom. The molecular formula is C11H14O2. The third-order valence-electron chi connectivity index (χ3n) is 1.76. The molecule has 1 aromatic rings. The monoisotopic (exact) mass is 178 g/mol. The number of ether oxygens (including phenoxy) is 1. The highest BCUT2D eigenvalue weighted by Crippen LogP contribution is 2.12. The second kappa shape index (κ2) is 5.38. The summed E-state index contributed by atoms with van der Waals surface area (Å²) in [5.41, 5.74) is 1.18. The summed E-state index contributed by atoms with van der Waals surface area (Å²) in [5.74, 6) is 0.870. The summed E-state index contributed by atoms with van der Waals surface area (Å²) in [5, 5.41) is 8.53. The van der Waals surface area contributed by atoms with Crippen LogP contribution in [0.25, 0.3) is 0 Å². The van der Waals surface area contributed by atoms with Crippen LogP contribution in [0.3, 0.4) is 0 Å². The lowest BCUT2D eigenvalue weighted by atomic mass is 10.1. The van der Waals surface area contributed by atoms with Crippen molar-refractivity contribution in [3.8, 4) is 5.75 Å². The van der Waals surface area contributed by atoms with Gasteiger partial charge in [-0.1, -0.05) is 24.3 Å². The zero-order valence-corrected chi connectivity index (χ0v) is 7.73. The van der Waals surface area contributed by atoms with E-state index in [1.54, 1.807) is 13.2 Å². The van der Waals surface area contributed by atoms with E-state index in [2.05, 4.69) is 0 Å². The van der Waals surface area contributed by atoms with Gasteiger partial charge in [0.1, 0.15) is 5.75 Å². The lowest BCUT2D eigenvalue weighted by Crippen LogP contribution is -1.85. The van der Waals surface area contributed by atoms with Gasteiger partial charge in [0.05, 0.1) is 13.7 Å². The molecule has 2 heteroatoms. The Morgan fingerprint density at radius 1 is 1.38 bits per heavy atom. The largest absolute Gasteiger partial charge is 0.497 e. The highest BCUT2D eigenvalue weighted by atomic mass is 16.5. The molecule has 1 rings (SSSR count). The fourth-order valence-electron chi connectivity index (χ4n) is 1.09. The normalized spacial score (nSPS) is 10.6. The predicted octanol–water partition coefficient (Wildman–Crippen LogP) is 1.79. The Morgan fingerprint density at radius 3 is 2.92 bits per heavy atom. The Bertz CT molecular complexity index is 279. The van der Waals surface area contributed by atoms with Gasteiger partial charge in [0.15, 0.2) is 0 Å². The molecular weight excluding hydrogens is 164 g/mol. The molecule has 0 heterocycles. The van der Waals surface area contributed by atoms with Crippen LogP contribution in [0.1, 0.15) is 5.56 Å². The molecule has 0 radical (unpaired) electrons. The summed E-state index contributed by atoms with van der Waals surface area (Å²) in [7, 11) is 1.66. The number of benzene rings is 1. The van der Waals surface area contributed by atoms with Crippen molar-refractivity contribution in [2.24, 2.45) is 0 Å². The van der Waals surface area contributed by atoms with Crippen LogP contribution < -0.4 is 4.74 Å². The third-order valence-corrected chi connectivity index (χ3v) is 1.76. The average Bonchev–Trinajstić information content (AvgIpc) is 2.19. The van der Waals surface area contributed by atoms with E-state index in [0.717, 1.165) is 12.2 Å². The minimum Gasteiger partial charge on any atom is -0.497 e. The first kappa shape index (κ1) is 9.81. The second-order valence-electron chi connectivity index (χ2n) is 2.71. The van der Waals surface area contributed by atoms with E-state index in [-0.39, 0.29) is 6.61 Å². The van der Waals surface area contributed by atoms with Crippen molar-refractivity contribution in [1.29, 1.82) is 0 Å². The Balaban J connectivity index is 2.61. The molecule has 70 valence electrons. The summed E-state index contributed by atoms with van der Waals surface area (Å²) in [6.07, 6.45) is 4.51. The standard InChI is InChI=1S/C11H14O2/c1-13-11-7-4-6-10(9-11)5-2-3-8-12/h2-4,6-7,9,12H,5,8H2,1H3/b3-2+. The number of allylic oxidation sites excluding steroid dienone is 1. The van der Waals surface area contributed by atoms with Crippen molar-refractivity contribution in [3.05, 3.63) is 42.0 Å². The molecule has 0 aliphatic heterocycles. The van der Waals surface area contributed by atoms with Gasteiger partial charge in [-0.2, -0.15) is 0 Å². The first-order chi connectivity index (χ1) is 6.36. The van der Waals surface area contributed by atoms with Crippen molar-refractivity contribution < 1.29 is 9.84 Å². The molecule has 1 N–H and O–H groups in total. The maximum Gasteiger partial charge on any atom is 0.119 e. The first-order valence-electron chi connectivity index (χ1n) is 4.25. The maximum absolute atomic E-state index is 8.53. The van der Waals surface area contributed by atoms with Gasteiger partial charge in [-0.15, -0.1) is 0 Å². The number of hydrogen-bond donors (Lipinski definition) is 1.